The molecule has 0 spiro atoms. The van der Waals surface area contributed by atoms with Crippen LogP contribution in [0.2, 0.25) is 10.0 Å². The third-order valence-corrected chi connectivity index (χ3v) is 3.01. The van der Waals surface area contributed by atoms with Gasteiger partial charge in [0.15, 0.2) is 0 Å². The van der Waals surface area contributed by atoms with E-state index in [0.717, 1.165) is 5.69 Å². The molecule has 0 saturated carbocycles. The molecular weight excluding hydrogens is 259 g/mol. The van der Waals surface area contributed by atoms with Crippen LogP contribution in [0.1, 0.15) is 24.4 Å². The summed E-state index contributed by atoms with van der Waals surface area (Å²) in [5, 5.41) is 5.28. The second kappa shape index (κ2) is 5.04. The highest BCUT2D eigenvalue weighted by Crippen LogP contribution is 2.25. The van der Waals surface area contributed by atoms with Crippen molar-refractivity contribution in [2.75, 3.05) is 0 Å². The van der Waals surface area contributed by atoms with E-state index in [4.69, 9.17) is 28.9 Å². The quantitative estimate of drug-likeness (QED) is 0.933. The van der Waals surface area contributed by atoms with Gasteiger partial charge in [0, 0.05) is 12.7 Å². The summed E-state index contributed by atoms with van der Waals surface area (Å²) < 4.78 is 1.77. The first-order chi connectivity index (χ1) is 8.13. The lowest BCUT2D eigenvalue weighted by molar-refractivity contribution is 0.596. The molecule has 90 valence electrons. The predicted octanol–water partition coefficient (Wildman–Crippen LogP) is 2.65. The maximum Gasteiger partial charge on any atom is 0.0912 e. The molecule has 0 saturated heterocycles. The van der Waals surface area contributed by atoms with E-state index in [9.17, 15) is 0 Å². The molecule has 1 unspecified atom stereocenters. The molecular formula is C11H12Cl2N4. The molecule has 17 heavy (non-hydrogen) atoms. The van der Waals surface area contributed by atoms with E-state index in [-0.39, 0.29) is 0 Å². The van der Waals surface area contributed by atoms with E-state index >= 15 is 0 Å². The number of pyridine rings is 1. The zero-order valence-corrected chi connectivity index (χ0v) is 10.8. The number of aryl methyl sites for hydroxylation is 1. The Bertz CT molecular complexity index is 507. The summed E-state index contributed by atoms with van der Waals surface area (Å²) >= 11 is 11.9. The number of hydrogen-bond acceptors (Lipinski definition) is 3. The number of hydrogen-bond donors (Lipinski definition) is 1. The normalized spacial score (nSPS) is 12.7. The van der Waals surface area contributed by atoms with E-state index < -0.39 is 6.04 Å². The number of nitrogens with zero attached hydrogens (tertiary/aromatic N) is 3. The van der Waals surface area contributed by atoms with Crippen molar-refractivity contribution in [2.24, 2.45) is 5.73 Å². The molecule has 0 aliphatic carbocycles. The molecule has 2 aromatic rings. The Morgan fingerprint density at radius 1 is 1.35 bits per heavy atom. The van der Waals surface area contributed by atoms with E-state index in [2.05, 4.69) is 10.1 Å². The predicted molar refractivity (Wildman–Crippen MR) is 68.2 cm³/mol. The van der Waals surface area contributed by atoms with Gasteiger partial charge >= 0.3 is 0 Å². The lowest BCUT2D eigenvalue weighted by atomic mass is 10.1. The SMILES string of the molecule is CCn1ncc(Cl)c1C(N)c1ccc(Cl)cn1. The highest BCUT2D eigenvalue weighted by atomic mass is 35.5. The molecule has 0 aromatic carbocycles. The standard InChI is InChI=1S/C11H12Cl2N4/c1-2-17-11(8(13)6-16-17)10(14)9-4-3-7(12)5-15-9/h3-6,10H,2,14H2,1H3. The Morgan fingerprint density at radius 3 is 2.71 bits per heavy atom. The molecule has 0 aliphatic rings. The Labute approximate surface area is 109 Å². The second-order valence-electron chi connectivity index (χ2n) is 3.57. The third-order valence-electron chi connectivity index (χ3n) is 2.50. The number of rotatable bonds is 3. The van der Waals surface area contributed by atoms with Crippen LogP contribution in [-0.2, 0) is 6.54 Å². The van der Waals surface area contributed by atoms with Crippen molar-refractivity contribution in [1.29, 1.82) is 0 Å². The summed E-state index contributed by atoms with van der Waals surface area (Å²) in [4.78, 5) is 4.19. The molecule has 6 heteroatoms. The van der Waals surface area contributed by atoms with Crippen LogP contribution < -0.4 is 5.73 Å². The fraction of sp³-hybridized carbons (Fsp3) is 0.273. The van der Waals surface area contributed by atoms with Crippen LogP contribution in [0.15, 0.2) is 24.5 Å². The highest BCUT2D eigenvalue weighted by Gasteiger charge is 2.18. The Balaban J connectivity index is 2.39. The molecule has 0 radical (unpaired) electrons. The zero-order valence-electron chi connectivity index (χ0n) is 9.27. The number of halogens is 2. The van der Waals surface area contributed by atoms with Gasteiger partial charge in [-0.25, -0.2) is 0 Å². The van der Waals surface area contributed by atoms with Crippen LogP contribution >= 0.6 is 23.2 Å². The van der Waals surface area contributed by atoms with Gasteiger partial charge in [-0.05, 0) is 19.1 Å². The molecule has 0 fully saturated rings. The van der Waals surface area contributed by atoms with Crippen LogP contribution in [0, 0.1) is 0 Å². The maximum atomic E-state index is 6.14. The molecule has 0 amide bonds. The van der Waals surface area contributed by atoms with E-state index in [1.165, 1.54) is 0 Å². The van der Waals surface area contributed by atoms with Gasteiger partial charge in [-0.2, -0.15) is 5.10 Å². The van der Waals surface area contributed by atoms with E-state index in [1.807, 2.05) is 6.92 Å². The third kappa shape index (κ3) is 2.44. The van der Waals surface area contributed by atoms with Gasteiger partial charge < -0.3 is 5.73 Å². The smallest absolute Gasteiger partial charge is 0.0912 e. The van der Waals surface area contributed by atoms with Crippen LogP contribution in [0.25, 0.3) is 0 Å². The van der Waals surface area contributed by atoms with Crippen molar-refractivity contribution in [3.8, 4) is 0 Å². The largest absolute Gasteiger partial charge is 0.318 e. The van der Waals surface area contributed by atoms with Gasteiger partial charge in [0.25, 0.3) is 0 Å². The molecule has 0 aliphatic heterocycles. The molecule has 4 nitrogen and oxygen atoms in total. The van der Waals surface area contributed by atoms with Crippen molar-refractivity contribution < 1.29 is 0 Å². The Hall–Kier alpha value is -1.10. The first-order valence-electron chi connectivity index (χ1n) is 5.21. The summed E-state index contributed by atoms with van der Waals surface area (Å²) in [5.41, 5.74) is 7.62. The van der Waals surface area contributed by atoms with Gasteiger partial charge in [-0.3, -0.25) is 9.67 Å². The molecule has 2 heterocycles. The number of aromatic nitrogens is 3. The van der Waals surface area contributed by atoms with Crippen LogP contribution in [0.4, 0.5) is 0 Å². The second-order valence-corrected chi connectivity index (χ2v) is 4.42. The molecule has 0 bridgehead atoms. The van der Waals surface area contributed by atoms with Gasteiger partial charge in [0.2, 0.25) is 0 Å². The Morgan fingerprint density at radius 2 is 2.12 bits per heavy atom. The van der Waals surface area contributed by atoms with Gasteiger partial charge in [0.1, 0.15) is 0 Å². The van der Waals surface area contributed by atoms with Crippen LogP contribution in [-0.4, -0.2) is 14.8 Å². The number of nitrogens with two attached hydrogens (primary N) is 1. The minimum atomic E-state index is -0.401. The van der Waals surface area contributed by atoms with Crippen molar-refractivity contribution >= 4 is 23.2 Å². The van der Waals surface area contributed by atoms with E-state index in [0.29, 0.717) is 22.3 Å². The first-order valence-corrected chi connectivity index (χ1v) is 5.97. The van der Waals surface area contributed by atoms with Crippen molar-refractivity contribution in [3.63, 3.8) is 0 Å². The topological polar surface area (TPSA) is 56.7 Å². The van der Waals surface area contributed by atoms with Gasteiger partial charge in [-0.1, -0.05) is 23.2 Å². The molecule has 2 aromatic heterocycles. The zero-order chi connectivity index (χ0) is 12.4. The summed E-state index contributed by atoms with van der Waals surface area (Å²) in [5.74, 6) is 0. The van der Waals surface area contributed by atoms with Gasteiger partial charge in [-0.15, -0.1) is 0 Å². The molecule has 1 atom stereocenters. The average molecular weight is 271 g/mol. The maximum absolute atomic E-state index is 6.14. The van der Waals surface area contributed by atoms with Gasteiger partial charge in [0.05, 0.1) is 33.7 Å². The lowest BCUT2D eigenvalue weighted by Crippen LogP contribution is -2.18. The molecule has 2 rings (SSSR count). The minimum absolute atomic E-state index is 0.401. The Kier molecular flexibility index (Phi) is 3.66. The highest BCUT2D eigenvalue weighted by molar-refractivity contribution is 6.31. The fourth-order valence-corrected chi connectivity index (χ4v) is 2.01. The van der Waals surface area contributed by atoms with Crippen molar-refractivity contribution in [2.45, 2.75) is 19.5 Å². The van der Waals surface area contributed by atoms with Crippen molar-refractivity contribution in [3.05, 3.63) is 46.0 Å². The van der Waals surface area contributed by atoms with Crippen LogP contribution in [0.3, 0.4) is 0 Å². The lowest BCUT2D eigenvalue weighted by Gasteiger charge is -2.13. The summed E-state index contributed by atoms with van der Waals surface area (Å²) in [7, 11) is 0. The average Bonchev–Trinajstić information content (AvgIpc) is 2.70. The monoisotopic (exact) mass is 270 g/mol. The summed E-state index contributed by atoms with van der Waals surface area (Å²) in [6.07, 6.45) is 3.16. The first kappa shape index (κ1) is 12.4. The van der Waals surface area contributed by atoms with Crippen molar-refractivity contribution in [1.82, 2.24) is 14.8 Å². The minimum Gasteiger partial charge on any atom is -0.318 e. The summed E-state index contributed by atoms with van der Waals surface area (Å²) in [6.45, 7) is 2.69. The van der Waals surface area contributed by atoms with Crippen LogP contribution in [0.5, 0.6) is 0 Å². The van der Waals surface area contributed by atoms with E-state index in [1.54, 1.807) is 29.2 Å². The summed E-state index contributed by atoms with van der Waals surface area (Å²) in [6, 6.07) is 3.14. The molecule has 2 N–H and O–H groups in total. The fourth-order valence-electron chi connectivity index (χ4n) is 1.64.